The Bertz CT molecular complexity index is 472. The molecule has 2 atom stereocenters. The number of likely N-dealkylation sites (tertiary alicyclic amines) is 1. The molecule has 0 bridgehead atoms. The van der Waals surface area contributed by atoms with Crippen molar-refractivity contribution in [1.82, 2.24) is 4.90 Å². The third kappa shape index (κ3) is 5.29. The molecule has 122 valence electrons. The number of aliphatic hydroxyl groups excluding tert-OH is 1. The number of nitrogens with zero attached hydrogens (tertiary/aromatic N) is 1. The van der Waals surface area contributed by atoms with Gasteiger partial charge in [0.2, 0.25) is 5.91 Å². The lowest BCUT2D eigenvalue weighted by molar-refractivity contribution is -0.135. The van der Waals surface area contributed by atoms with Gasteiger partial charge in [0.1, 0.15) is 0 Å². The Kier molecular flexibility index (Phi) is 6.71. The van der Waals surface area contributed by atoms with Gasteiger partial charge in [-0.2, -0.15) is 0 Å². The van der Waals surface area contributed by atoms with Crippen molar-refractivity contribution < 1.29 is 9.90 Å². The second-order valence-corrected chi connectivity index (χ2v) is 6.74. The summed E-state index contributed by atoms with van der Waals surface area (Å²) in [7, 11) is 0. The van der Waals surface area contributed by atoms with Gasteiger partial charge in [0.25, 0.3) is 0 Å². The first kappa shape index (κ1) is 17.3. The van der Waals surface area contributed by atoms with Crippen LogP contribution in [-0.4, -0.2) is 34.6 Å². The standard InChI is InChI=1S/C18H26ClNO2/c1-14(21)13-17-6-2-3-12-20(17)18(22)7-4-5-15-8-10-16(19)11-9-15/h8-11,14,17,21H,2-7,12-13H2,1H3/t14-,17-/m0/s1. The maximum absolute atomic E-state index is 12.5. The maximum Gasteiger partial charge on any atom is 0.222 e. The Balaban J connectivity index is 1.80. The zero-order chi connectivity index (χ0) is 15.9. The number of hydrogen-bond acceptors (Lipinski definition) is 2. The van der Waals surface area contributed by atoms with Gasteiger partial charge >= 0.3 is 0 Å². The fraction of sp³-hybridized carbons (Fsp3) is 0.611. The summed E-state index contributed by atoms with van der Waals surface area (Å²) < 4.78 is 0. The van der Waals surface area contributed by atoms with E-state index in [2.05, 4.69) is 0 Å². The molecule has 1 aromatic rings. The molecule has 0 aliphatic carbocycles. The van der Waals surface area contributed by atoms with Crippen LogP contribution in [0.4, 0.5) is 0 Å². The quantitative estimate of drug-likeness (QED) is 0.864. The SMILES string of the molecule is C[C@H](O)C[C@@H]1CCCCN1C(=O)CCCc1ccc(Cl)cc1. The van der Waals surface area contributed by atoms with Crippen molar-refractivity contribution in [3.63, 3.8) is 0 Å². The fourth-order valence-corrected chi connectivity index (χ4v) is 3.33. The first-order valence-electron chi connectivity index (χ1n) is 8.28. The van der Waals surface area contributed by atoms with E-state index in [9.17, 15) is 9.90 Å². The van der Waals surface area contributed by atoms with E-state index in [-0.39, 0.29) is 18.1 Å². The first-order valence-corrected chi connectivity index (χ1v) is 8.66. The van der Waals surface area contributed by atoms with E-state index in [0.717, 1.165) is 43.7 Å². The molecule has 1 amide bonds. The van der Waals surface area contributed by atoms with Gasteiger partial charge in [-0.05, 0) is 63.1 Å². The Hall–Kier alpha value is -1.06. The second-order valence-electron chi connectivity index (χ2n) is 6.30. The van der Waals surface area contributed by atoms with Crippen LogP contribution in [0.1, 0.15) is 51.0 Å². The number of benzene rings is 1. The summed E-state index contributed by atoms with van der Waals surface area (Å²) >= 11 is 5.87. The Morgan fingerprint density at radius 1 is 1.36 bits per heavy atom. The summed E-state index contributed by atoms with van der Waals surface area (Å²) in [6.07, 6.45) is 5.96. The van der Waals surface area contributed by atoms with Crippen molar-refractivity contribution in [2.75, 3.05) is 6.54 Å². The lowest BCUT2D eigenvalue weighted by Gasteiger charge is -2.36. The number of aliphatic hydroxyl groups is 1. The normalized spacial score (nSPS) is 20.0. The highest BCUT2D eigenvalue weighted by atomic mass is 35.5. The van der Waals surface area contributed by atoms with E-state index < -0.39 is 0 Å². The molecule has 1 fully saturated rings. The van der Waals surface area contributed by atoms with Crippen LogP contribution in [0.25, 0.3) is 0 Å². The van der Waals surface area contributed by atoms with Gasteiger partial charge in [0.05, 0.1) is 6.10 Å². The van der Waals surface area contributed by atoms with E-state index in [0.29, 0.717) is 12.8 Å². The van der Waals surface area contributed by atoms with Gasteiger partial charge in [-0.3, -0.25) is 4.79 Å². The molecule has 1 aliphatic rings. The van der Waals surface area contributed by atoms with Crippen LogP contribution in [0.3, 0.4) is 0 Å². The summed E-state index contributed by atoms with van der Waals surface area (Å²) in [4.78, 5) is 14.5. The minimum atomic E-state index is -0.340. The highest BCUT2D eigenvalue weighted by Crippen LogP contribution is 2.22. The molecule has 0 radical (unpaired) electrons. The van der Waals surface area contributed by atoms with Crippen LogP contribution in [0.15, 0.2) is 24.3 Å². The number of halogens is 1. The lowest BCUT2D eigenvalue weighted by Crippen LogP contribution is -2.44. The number of rotatable bonds is 6. The third-order valence-electron chi connectivity index (χ3n) is 4.33. The molecular formula is C18H26ClNO2. The van der Waals surface area contributed by atoms with Gasteiger partial charge in [-0.15, -0.1) is 0 Å². The smallest absolute Gasteiger partial charge is 0.222 e. The zero-order valence-electron chi connectivity index (χ0n) is 13.3. The Morgan fingerprint density at radius 3 is 2.77 bits per heavy atom. The van der Waals surface area contributed by atoms with Crippen molar-refractivity contribution in [2.45, 2.75) is 64.0 Å². The number of piperidine rings is 1. The highest BCUT2D eigenvalue weighted by molar-refractivity contribution is 6.30. The molecule has 1 N–H and O–H groups in total. The Labute approximate surface area is 138 Å². The lowest BCUT2D eigenvalue weighted by atomic mass is 9.96. The van der Waals surface area contributed by atoms with Gasteiger partial charge in [0.15, 0.2) is 0 Å². The summed E-state index contributed by atoms with van der Waals surface area (Å²) in [5.41, 5.74) is 1.22. The maximum atomic E-state index is 12.5. The van der Waals surface area contributed by atoms with Crippen molar-refractivity contribution >= 4 is 17.5 Å². The molecule has 0 unspecified atom stereocenters. The molecule has 1 saturated heterocycles. The Morgan fingerprint density at radius 2 is 2.09 bits per heavy atom. The van der Waals surface area contributed by atoms with Crippen molar-refractivity contribution in [3.05, 3.63) is 34.9 Å². The van der Waals surface area contributed by atoms with Crippen LogP contribution in [-0.2, 0) is 11.2 Å². The van der Waals surface area contributed by atoms with E-state index in [4.69, 9.17) is 11.6 Å². The molecule has 3 nitrogen and oxygen atoms in total. The van der Waals surface area contributed by atoms with Gasteiger partial charge < -0.3 is 10.0 Å². The van der Waals surface area contributed by atoms with Crippen LogP contribution in [0, 0.1) is 0 Å². The average Bonchev–Trinajstić information content (AvgIpc) is 2.49. The fourth-order valence-electron chi connectivity index (χ4n) is 3.21. The van der Waals surface area contributed by atoms with Gasteiger partial charge in [-0.25, -0.2) is 0 Å². The molecule has 0 saturated carbocycles. The largest absolute Gasteiger partial charge is 0.393 e. The first-order chi connectivity index (χ1) is 10.6. The van der Waals surface area contributed by atoms with E-state index in [1.807, 2.05) is 29.2 Å². The van der Waals surface area contributed by atoms with Crippen molar-refractivity contribution in [2.24, 2.45) is 0 Å². The summed E-state index contributed by atoms with van der Waals surface area (Å²) in [5, 5.41) is 10.3. The predicted octanol–water partition coefficient (Wildman–Crippen LogP) is 3.81. The monoisotopic (exact) mass is 323 g/mol. The van der Waals surface area contributed by atoms with Crippen LogP contribution < -0.4 is 0 Å². The number of hydrogen-bond donors (Lipinski definition) is 1. The molecule has 1 aromatic carbocycles. The summed E-state index contributed by atoms with van der Waals surface area (Å²) in [6, 6.07) is 8.04. The minimum Gasteiger partial charge on any atom is -0.393 e. The number of aryl methyl sites for hydroxylation is 1. The molecule has 1 heterocycles. The van der Waals surface area contributed by atoms with Gasteiger partial charge in [0, 0.05) is 24.0 Å². The second kappa shape index (κ2) is 8.54. The minimum absolute atomic E-state index is 0.219. The van der Waals surface area contributed by atoms with Gasteiger partial charge in [-0.1, -0.05) is 23.7 Å². The molecule has 4 heteroatoms. The molecule has 0 aromatic heterocycles. The van der Waals surface area contributed by atoms with E-state index >= 15 is 0 Å². The van der Waals surface area contributed by atoms with E-state index in [1.54, 1.807) is 6.92 Å². The number of amides is 1. The average molecular weight is 324 g/mol. The molecule has 1 aliphatic heterocycles. The molecule has 22 heavy (non-hydrogen) atoms. The molecule has 0 spiro atoms. The zero-order valence-corrected chi connectivity index (χ0v) is 14.1. The topological polar surface area (TPSA) is 40.5 Å². The molecule has 2 rings (SSSR count). The highest BCUT2D eigenvalue weighted by Gasteiger charge is 2.26. The van der Waals surface area contributed by atoms with Crippen molar-refractivity contribution in [1.29, 1.82) is 0 Å². The van der Waals surface area contributed by atoms with E-state index in [1.165, 1.54) is 5.56 Å². The van der Waals surface area contributed by atoms with Crippen molar-refractivity contribution in [3.8, 4) is 0 Å². The summed E-state index contributed by atoms with van der Waals surface area (Å²) in [5.74, 6) is 0.235. The summed E-state index contributed by atoms with van der Waals surface area (Å²) in [6.45, 7) is 2.65. The number of carbonyl (C=O) groups is 1. The number of carbonyl (C=O) groups excluding carboxylic acids is 1. The predicted molar refractivity (Wildman–Crippen MR) is 90.0 cm³/mol. The molecular weight excluding hydrogens is 298 g/mol. The van der Waals surface area contributed by atoms with Crippen LogP contribution >= 0.6 is 11.6 Å². The van der Waals surface area contributed by atoms with Crippen LogP contribution in [0.2, 0.25) is 5.02 Å². The third-order valence-corrected chi connectivity index (χ3v) is 4.58. The van der Waals surface area contributed by atoms with Crippen LogP contribution in [0.5, 0.6) is 0 Å².